The van der Waals surface area contributed by atoms with Gasteiger partial charge >= 0.3 is 0 Å². The van der Waals surface area contributed by atoms with Crippen molar-refractivity contribution in [3.8, 4) is 0 Å². The fourth-order valence-electron chi connectivity index (χ4n) is 2.45. The molecular weight excluding hydrogens is 298 g/mol. The van der Waals surface area contributed by atoms with Crippen LogP contribution < -0.4 is 5.32 Å². The van der Waals surface area contributed by atoms with Crippen molar-refractivity contribution in [2.75, 3.05) is 6.54 Å². The average molecular weight is 321 g/mol. The number of hydrogen-bond acceptors (Lipinski definition) is 4. The summed E-state index contributed by atoms with van der Waals surface area (Å²) in [5.41, 5.74) is 2.17. The molecule has 0 aliphatic rings. The Morgan fingerprint density at radius 3 is 2.77 bits per heavy atom. The van der Waals surface area contributed by atoms with Gasteiger partial charge in [0.1, 0.15) is 5.60 Å². The SMILES string of the molecule is Cc1nn(C)c(C)c1CCC(=O)NCC(C)(O)c1cccs1. The van der Waals surface area contributed by atoms with Gasteiger partial charge in [0.05, 0.1) is 12.2 Å². The number of aryl methyl sites for hydroxylation is 2. The summed E-state index contributed by atoms with van der Waals surface area (Å²) in [6.45, 7) is 5.91. The number of thiophene rings is 1. The lowest BCUT2D eigenvalue weighted by Gasteiger charge is -2.22. The predicted molar refractivity (Wildman–Crippen MR) is 87.9 cm³/mol. The minimum absolute atomic E-state index is 0.0560. The number of nitrogens with zero attached hydrogens (tertiary/aromatic N) is 2. The summed E-state index contributed by atoms with van der Waals surface area (Å²) in [5.74, 6) is -0.0560. The molecule has 1 atom stereocenters. The highest BCUT2D eigenvalue weighted by atomic mass is 32.1. The molecule has 5 nitrogen and oxygen atoms in total. The second-order valence-corrected chi connectivity index (χ2v) is 6.75. The van der Waals surface area contributed by atoms with E-state index in [2.05, 4.69) is 10.4 Å². The van der Waals surface area contributed by atoms with Crippen molar-refractivity contribution in [1.29, 1.82) is 0 Å². The van der Waals surface area contributed by atoms with E-state index < -0.39 is 5.60 Å². The summed E-state index contributed by atoms with van der Waals surface area (Å²) in [4.78, 5) is 12.9. The maximum atomic E-state index is 12.0. The van der Waals surface area contributed by atoms with E-state index in [0.29, 0.717) is 12.8 Å². The molecular formula is C16H23N3O2S. The van der Waals surface area contributed by atoms with Crippen molar-refractivity contribution in [2.45, 2.75) is 39.2 Å². The van der Waals surface area contributed by atoms with E-state index in [-0.39, 0.29) is 12.5 Å². The van der Waals surface area contributed by atoms with Crippen LogP contribution in [-0.4, -0.2) is 27.3 Å². The van der Waals surface area contributed by atoms with E-state index in [0.717, 1.165) is 21.8 Å². The molecule has 2 rings (SSSR count). The minimum Gasteiger partial charge on any atom is -0.383 e. The number of aromatic nitrogens is 2. The van der Waals surface area contributed by atoms with Crippen LogP contribution in [0.4, 0.5) is 0 Å². The molecule has 0 aliphatic heterocycles. The lowest BCUT2D eigenvalue weighted by Crippen LogP contribution is -2.38. The number of hydrogen-bond donors (Lipinski definition) is 2. The molecule has 1 amide bonds. The Bertz CT molecular complexity index is 645. The van der Waals surface area contributed by atoms with Gasteiger partial charge in [-0.25, -0.2) is 0 Å². The number of rotatable bonds is 6. The van der Waals surface area contributed by atoms with Crippen LogP contribution in [0.25, 0.3) is 0 Å². The quantitative estimate of drug-likeness (QED) is 0.856. The Labute approximate surface area is 135 Å². The van der Waals surface area contributed by atoms with E-state index in [9.17, 15) is 9.90 Å². The van der Waals surface area contributed by atoms with E-state index >= 15 is 0 Å². The van der Waals surface area contributed by atoms with Gasteiger partial charge in [-0.05, 0) is 44.2 Å². The molecule has 0 radical (unpaired) electrons. The van der Waals surface area contributed by atoms with Crippen molar-refractivity contribution in [3.05, 3.63) is 39.3 Å². The van der Waals surface area contributed by atoms with Crippen molar-refractivity contribution >= 4 is 17.2 Å². The number of aliphatic hydroxyl groups is 1. The zero-order valence-electron chi connectivity index (χ0n) is 13.5. The number of carbonyl (C=O) groups excluding carboxylic acids is 1. The second-order valence-electron chi connectivity index (χ2n) is 5.80. The highest BCUT2D eigenvalue weighted by molar-refractivity contribution is 7.10. The first kappa shape index (κ1) is 16.7. The smallest absolute Gasteiger partial charge is 0.220 e. The maximum absolute atomic E-state index is 12.0. The minimum atomic E-state index is -1.02. The molecule has 120 valence electrons. The Balaban J connectivity index is 1.86. The van der Waals surface area contributed by atoms with E-state index in [1.807, 2.05) is 43.1 Å². The Morgan fingerprint density at radius 2 is 2.23 bits per heavy atom. The van der Waals surface area contributed by atoms with Crippen LogP contribution in [-0.2, 0) is 23.9 Å². The van der Waals surface area contributed by atoms with Gasteiger partial charge in [0.2, 0.25) is 5.91 Å². The summed E-state index contributed by atoms with van der Waals surface area (Å²) in [7, 11) is 1.91. The first-order valence-corrected chi connectivity index (χ1v) is 8.21. The monoisotopic (exact) mass is 321 g/mol. The molecule has 2 N–H and O–H groups in total. The molecule has 0 saturated heterocycles. The topological polar surface area (TPSA) is 67.2 Å². The third-order valence-corrected chi connectivity index (χ3v) is 5.07. The maximum Gasteiger partial charge on any atom is 0.220 e. The third-order valence-electron chi connectivity index (χ3n) is 3.94. The molecule has 0 saturated carbocycles. The van der Waals surface area contributed by atoms with Crippen LogP contribution in [0.1, 0.15) is 35.2 Å². The van der Waals surface area contributed by atoms with Gasteiger partial charge < -0.3 is 10.4 Å². The normalized spacial score (nSPS) is 13.9. The Morgan fingerprint density at radius 1 is 1.50 bits per heavy atom. The fourth-order valence-corrected chi connectivity index (χ4v) is 3.24. The van der Waals surface area contributed by atoms with Gasteiger partial charge in [-0.3, -0.25) is 9.48 Å². The first-order chi connectivity index (χ1) is 10.3. The molecule has 0 bridgehead atoms. The molecule has 0 fully saturated rings. The highest BCUT2D eigenvalue weighted by Crippen LogP contribution is 2.24. The molecule has 2 aromatic heterocycles. The van der Waals surface area contributed by atoms with Crippen molar-refractivity contribution in [3.63, 3.8) is 0 Å². The lowest BCUT2D eigenvalue weighted by atomic mass is 10.0. The standard InChI is InChI=1S/C16H23N3O2S/c1-11-13(12(2)19(4)18-11)7-8-15(20)17-10-16(3,21)14-6-5-9-22-14/h5-6,9,21H,7-8,10H2,1-4H3,(H,17,20). The number of carbonyl (C=O) groups is 1. The third kappa shape index (κ3) is 3.75. The highest BCUT2D eigenvalue weighted by Gasteiger charge is 2.24. The number of amides is 1. The molecule has 0 spiro atoms. The first-order valence-electron chi connectivity index (χ1n) is 7.33. The second kappa shape index (κ2) is 6.62. The molecule has 0 aliphatic carbocycles. The zero-order chi connectivity index (χ0) is 16.3. The average Bonchev–Trinajstić information content (AvgIpc) is 3.06. The molecule has 22 heavy (non-hydrogen) atoms. The van der Waals surface area contributed by atoms with Gasteiger partial charge in [-0.2, -0.15) is 5.10 Å². The molecule has 0 aromatic carbocycles. The van der Waals surface area contributed by atoms with E-state index in [1.54, 1.807) is 6.92 Å². The van der Waals surface area contributed by atoms with Crippen molar-refractivity contribution < 1.29 is 9.90 Å². The van der Waals surface area contributed by atoms with Crippen LogP contribution in [0.5, 0.6) is 0 Å². The van der Waals surface area contributed by atoms with Gasteiger partial charge in [0.15, 0.2) is 0 Å². The summed E-state index contributed by atoms with van der Waals surface area (Å²) in [6, 6.07) is 3.77. The summed E-state index contributed by atoms with van der Waals surface area (Å²) >= 11 is 1.49. The van der Waals surface area contributed by atoms with Crippen molar-refractivity contribution in [2.24, 2.45) is 7.05 Å². The van der Waals surface area contributed by atoms with Crippen LogP contribution in [0, 0.1) is 13.8 Å². The molecule has 2 aromatic rings. The molecule has 2 heterocycles. The Kier molecular flexibility index (Phi) is 5.03. The fraction of sp³-hybridized carbons (Fsp3) is 0.500. The molecule has 1 unspecified atom stereocenters. The van der Waals surface area contributed by atoms with Gasteiger partial charge in [0, 0.05) is 24.0 Å². The van der Waals surface area contributed by atoms with Crippen LogP contribution in [0.15, 0.2) is 17.5 Å². The summed E-state index contributed by atoms with van der Waals surface area (Å²) < 4.78 is 1.84. The van der Waals surface area contributed by atoms with E-state index in [4.69, 9.17) is 0 Å². The van der Waals surface area contributed by atoms with Crippen molar-refractivity contribution in [1.82, 2.24) is 15.1 Å². The van der Waals surface area contributed by atoms with Gasteiger partial charge in [-0.15, -0.1) is 11.3 Å². The van der Waals surface area contributed by atoms with E-state index in [1.165, 1.54) is 11.3 Å². The van der Waals surface area contributed by atoms with Gasteiger partial charge in [0.25, 0.3) is 0 Å². The zero-order valence-corrected chi connectivity index (χ0v) is 14.3. The lowest BCUT2D eigenvalue weighted by molar-refractivity contribution is -0.122. The molecule has 6 heteroatoms. The predicted octanol–water partition coefficient (Wildman–Crippen LogP) is 2.05. The van der Waals surface area contributed by atoms with Crippen LogP contribution in [0.3, 0.4) is 0 Å². The summed E-state index contributed by atoms with van der Waals surface area (Å²) in [6.07, 6.45) is 1.06. The summed E-state index contributed by atoms with van der Waals surface area (Å²) in [5, 5.41) is 19.5. The van der Waals surface area contributed by atoms with Crippen LogP contribution in [0.2, 0.25) is 0 Å². The van der Waals surface area contributed by atoms with Gasteiger partial charge in [-0.1, -0.05) is 6.07 Å². The Hall–Kier alpha value is -1.66. The number of nitrogens with one attached hydrogen (secondary N) is 1. The van der Waals surface area contributed by atoms with Crippen LogP contribution >= 0.6 is 11.3 Å². The largest absolute Gasteiger partial charge is 0.383 e.